The van der Waals surface area contributed by atoms with Gasteiger partial charge in [-0.2, -0.15) is 11.8 Å². The molecule has 0 unspecified atom stereocenters. The van der Waals surface area contributed by atoms with Gasteiger partial charge in [0.2, 0.25) is 0 Å². The molecule has 0 bridgehead atoms. The number of nitrogens with one attached hydrogen (secondary N) is 1. The first kappa shape index (κ1) is 10.7. The van der Waals surface area contributed by atoms with E-state index in [9.17, 15) is 0 Å². The van der Waals surface area contributed by atoms with E-state index < -0.39 is 0 Å². The molecule has 4 heteroatoms. The first-order chi connectivity index (χ1) is 7.38. The van der Waals surface area contributed by atoms with E-state index in [1.54, 1.807) is 18.6 Å². The van der Waals surface area contributed by atoms with Crippen LogP contribution in [0.15, 0.2) is 18.6 Å². The Bertz CT molecular complexity index is 291. The Morgan fingerprint density at radius 2 is 2.33 bits per heavy atom. The largest absolute Gasteiger partial charge is 0.366 e. The van der Waals surface area contributed by atoms with Crippen LogP contribution in [-0.2, 0) is 0 Å². The van der Waals surface area contributed by atoms with Gasteiger partial charge in [0.1, 0.15) is 5.82 Å². The Balaban J connectivity index is 1.89. The lowest BCUT2D eigenvalue weighted by Crippen LogP contribution is -2.28. The van der Waals surface area contributed by atoms with Gasteiger partial charge in [0.25, 0.3) is 0 Å². The molecule has 1 aromatic rings. The third kappa shape index (κ3) is 3.09. The molecule has 1 aliphatic carbocycles. The summed E-state index contributed by atoms with van der Waals surface area (Å²) in [6.45, 7) is 0. The van der Waals surface area contributed by atoms with E-state index >= 15 is 0 Å². The highest BCUT2D eigenvalue weighted by atomic mass is 32.2. The van der Waals surface area contributed by atoms with Crippen molar-refractivity contribution in [1.29, 1.82) is 0 Å². The van der Waals surface area contributed by atoms with E-state index in [1.165, 1.54) is 25.7 Å². The van der Waals surface area contributed by atoms with Gasteiger partial charge in [-0.05, 0) is 25.5 Å². The average molecular weight is 223 g/mol. The quantitative estimate of drug-likeness (QED) is 0.854. The number of anilines is 1. The minimum absolute atomic E-state index is 0.577. The Morgan fingerprint density at radius 3 is 3.07 bits per heavy atom. The summed E-state index contributed by atoms with van der Waals surface area (Å²) in [7, 11) is 0. The molecule has 0 aromatic carbocycles. The van der Waals surface area contributed by atoms with Crippen molar-refractivity contribution in [2.45, 2.75) is 37.0 Å². The van der Waals surface area contributed by atoms with Gasteiger partial charge in [-0.1, -0.05) is 6.42 Å². The molecule has 0 aliphatic heterocycles. The highest BCUT2D eigenvalue weighted by Crippen LogP contribution is 2.28. The molecule has 3 nitrogen and oxygen atoms in total. The predicted molar refractivity (Wildman–Crippen MR) is 65.2 cm³/mol. The number of rotatable bonds is 3. The van der Waals surface area contributed by atoms with Crippen LogP contribution < -0.4 is 5.32 Å². The molecule has 0 amide bonds. The van der Waals surface area contributed by atoms with Crippen LogP contribution in [0.1, 0.15) is 25.7 Å². The Hall–Kier alpha value is -0.770. The van der Waals surface area contributed by atoms with Crippen LogP contribution in [0, 0.1) is 0 Å². The molecule has 1 aliphatic rings. The summed E-state index contributed by atoms with van der Waals surface area (Å²) >= 11 is 1.98. The van der Waals surface area contributed by atoms with Gasteiger partial charge in [0, 0.05) is 23.7 Å². The fourth-order valence-corrected chi connectivity index (χ4v) is 2.90. The standard InChI is InChI=1S/C11H17N3S/c1-15-10-4-2-3-9(7-10)14-11-8-12-5-6-13-11/h5-6,8-10H,2-4,7H2,1H3,(H,13,14)/t9-,10-/m0/s1. The second-order valence-electron chi connectivity index (χ2n) is 3.96. The Labute approximate surface area is 95.1 Å². The van der Waals surface area contributed by atoms with Crippen molar-refractivity contribution in [3.63, 3.8) is 0 Å². The first-order valence-electron chi connectivity index (χ1n) is 5.44. The van der Waals surface area contributed by atoms with Crippen LogP contribution in [0.25, 0.3) is 0 Å². The zero-order valence-corrected chi connectivity index (χ0v) is 9.83. The third-order valence-electron chi connectivity index (χ3n) is 2.87. The fourth-order valence-electron chi connectivity index (χ4n) is 2.07. The number of aromatic nitrogens is 2. The molecule has 1 N–H and O–H groups in total. The molecule has 2 atom stereocenters. The summed E-state index contributed by atoms with van der Waals surface area (Å²) < 4.78 is 0. The highest BCUT2D eigenvalue weighted by Gasteiger charge is 2.21. The third-order valence-corrected chi connectivity index (χ3v) is 3.97. The van der Waals surface area contributed by atoms with E-state index in [0.717, 1.165) is 11.1 Å². The van der Waals surface area contributed by atoms with Gasteiger partial charge in [0.15, 0.2) is 0 Å². The van der Waals surface area contributed by atoms with Crippen molar-refractivity contribution in [1.82, 2.24) is 9.97 Å². The van der Waals surface area contributed by atoms with Gasteiger partial charge >= 0.3 is 0 Å². The fraction of sp³-hybridized carbons (Fsp3) is 0.636. The second-order valence-corrected chi connectivity index (χ2v) is 5.09. The number of hydrogen-bond donors (Lipinski definition) is 1. The van der Waals surface area contributed by atoms with Crippen molar-refractivity contribution in [2.75, 3.05) is 11.6 Å². The molecule has 0 radical (unpaired) electrons. The number of thioether (sulfide) groups is 1. The van der Waals surface area contributed by atoms with Crippen LogP contribution in [0.2, 0.25) is 0 Å². The summed E-state index contributed by atoms with van der Waals surface area (Å²) in [5.74, 6) is 0.907. The smallest absolute Gasteiger partial charge is 0.144 e. The maximum Gasteiger partial charge on any atom is 0.144 e. The van der Waals surface area contributed by atoms with E-state index in [1.807, 2.05) is 11.8 Å². The summed E-state index contributed by atoms with van der Waals surface area (Å²) in [4.78, 5) is 8.30. The van der Waals surface area contributed by atoms with Crippen molar-refractivity contribution in [3.05, 3.63) is 18.6 Å². The number of hydrogen-bond acceptors (Lipinski definition) is 4. The molecular weight excluding hydrogens is 206 g/mol. The van der Waals surface area contributed by atoms with E-state index in [-0.39, 0.29) is 0 Å². The molecule has 2 rings (SSSR count). The second kappa shape index (κ2) is 5.35. The van der Waals surface area contributed by atoms with E-state index in [2.05, 4.69) is 21.5 Å². The summed E-state index contributed by atoms with van der Waals surface area (Å²) in [5.41, 5.74) is 0. The molecule has 0 spiro atoms. The lowest BCUT2D eigenvalue weighted by molar-refractivity contribution is 0.472. The van der Waals surface area contributed by atoms with Crippen LogP contribution in [0.3, 0.4) is 0 Å². The van der Waals surface area contributed by atoms with Crippen LogP contribution in [0.5, 0.6) is 0 Å². The van der Waals surface area contributed by atoms with E-state index in [4.69, 9.17) is 0 Å². The maximum absolute atomic E-state index is 4.24. The molecule has 0 saturated heterocycles. The predicted octanol–water partition coefficient (Wildman–Crippen LogP) is 2.56. The Morgan fingerprint density at radius 1 is 1.40 bits per heavy atom. The molecule has 15 heavy (non-hydrogen) atoms. The van der Waals surface area contributed by atoms with Crippen molar-refractivity contribution >= 4 is 17.6 Å². The van der Waals surface area contributed by atoms with Gasteiger partial charge < -0.3 is 5.32 Å². The van der Waals surface area contributed by atoms with Gasteiger partial charge in [-0.15, -0.1) is 0 Å². The van der Waals surface area contributed by atoms with Crippen molar-refractivity contribution < 1.29 is 0 Å². The molecular formula is C11H17N3S. The van der Waals surface area contributed by atoms with Crippen molar-refractivity contribution in [3.8, 4) is 0 Å². The van der Waals surface area contributed by atoms with Crippen LogP contribution in [-0.4, -0.2) is 27.5 Å². The minimum Gasteiger partial charge on any atom is -0.366 e. The monoisotopic (exact) mass is 223 g/mol. The topological polar surface area (TPSA) is 37.8 Å². The van der Waals surface area contributed by atoms with Gasteiger partial charge in [-0.25, -0.2) is 4.98 Å². The highest BCUT2D eigenvalue weighted by molar-refractivity contribution is 7.99. The maximum atomic E-state index is 4.24. The van der Waals surface area contributed by atoms with E-state index in [0.29, 0.717) is 6.04 Å². The van der Waals surface area contributed by atoms with Crippen LogP contribution in [0.4, 0.5) is 5.82 Å². The lowest BCUT2D eigenvalue weighted by Gasteiger charge is -2.28. The lowest BCUT2D eigenvalue weighted by atomic mass is 9.95. The molecule has 1 aromatic heterocycles. The minimum atomic E-state index is 0.577. The first-order valence-corrected chi connectivity index (χ1v) is 6.72. The molecule has 1 fully saturated rings. The molecule has 82 valence electrons. The zero-order valence-electron chi connectivity index (χ0n) is 9.02. The van der Waals surface area contributed by atoms with Gasteiger partial charge in [0.05, 0.1) is 6.20 Å². The number of nitrogens with zero attached hydrogens (tertiary/aromatic N) is 2. The normalized spacial score (nSPS) is 26.2. The summed E-state index contributed by atoms with van der Waals surface area (Å²) in [5, 5.41) is 4.27. The van der Waals surface area contributed by atoms with Gasteiger partial charge in [-0.3, -0.25) is 4.98 Å². The molecule has 1 heterocycles. The molecule has 1 saturated carbocycles. The zero-order chi connectivity index (χ0) is 10.5. The summed E-state index contributed by atoms with van der Waals surface area (Å²) in [6, 6.07) is 0.577. The van der Waals surface area contributed by atoms with Crippen molar-refractivity contribution in [2.24, 2.45) is 0 Å². The summed E-state index contributed by atoms with van der Waals surface area (Å²) in [6.07, 6.45) is 12.6. The SMILES string of the molecule is CS[C@H]1CCC[C@H](Nc2cnccn2)C1. The Kier molecular flexibility index (Phi) is 3.83. The van der Waals surface area contributed by atoms with Crippen LogP contribution >= 0.6 is 11.8 Å². The average Bonchev–Trinajstić information content (AvgIpc) is 2.31.